The van der Waals surface area contributed by atoms with E-state index in [1.807, 2.05) is 47.8 Å². The van der Waals surface area contributed by atoms with Crippen LogP contribution in [0.4, 0.5) is 0 Å². The summed E-state index contributed by atoms with van der Waals surface area (Å²) >= 11 is 7.73. The first kappa shape index (κ1) is 14.4. The van der Waals surface area contributed by atoms with Crippen LogP contribution in [0.2, 0.25) is 5.02 Å². The Balaban J connectivity index is 1.72. The third-order valence-electron chi connectivity index (χ3n) is 3.68. The molecule has 0 saturated heterocycles. The average molecular weight is 341 g/mol. The topological polar surface area (TPSA) is 43.1 Å². The van der Waals surface area contributed by atoms with Crippen LogP contribution in [0.25, 0.3) is 15.5 Å². The van der Waals surface area contributed by atoms with Gasteiger partial charge in [0.15, 0.2) is 5.82 Å². The van der Waals surface area contributed by atoms with Gasteiger partial charge < -0.3 is 0 Å². The van der Waals surface area contributed by atoms with E-state index in [2.05, 4.69) is 27.4 Å². The molecule has 0 fully saturated rings. The number of fused-ring (bicyclic) bond motifs is 1. The highest BCUT2D eigenvalue weighted by atomic mass is 35.5. The van der Waals surface area contributed by atoms with E-state index in [0.717, 1.165) is 31.9 Å². The van der Waals surface area contributed by atoms with Crippen molar-refractivity contribution >= 4 is 27.9 Å². The van der Waals surface area contributed by atoms with Crippen molar-refractivity contribution in [1.82, 2.24) is 19.8 Å². The van der Waals surface area contributed by atoms with Crippen LogP contribution in [0.3, 0.4) is 0 Å². The molecule has 0 radical (unpaired) electrons. The number of halogens is 1. The minimum Gasteiger partial charge on any atom is -0.187 e. The Bertz CT molecular complexity index is 975. The van der Waals surface area contributed by atoms with E-state index in [9.17, 15) is 0 Å². The Hall–Kier alpha value is -2.24. The number of hydrogen-bond donors (Lipinski definition) is 0. The molecule has 2 aromatic carbocycles. The smallest absolute Gasteiger partial charge is 0.187 e. The Kier molecular flexibility index (Phi) is 3.59. The van der Waals surface area contributed by atoms with Crippen molar-refractivity contribution in [3.8, 4) is 10.6 Å². The predicted molar refractivity (Wildman–Crippen MR) is 93.1 cm³/mol. The molecule has 6 heteroatoms. The minimum absolute atomic E-state index is 0.708. The second-order valence-electron chi connectivity index (χ2n) is 5.34. The lowest BCUT2D eigenvalue weighted by atomic mass is 10.1. The highest BCUT2D eigenvalue weighted by molar-refractivity contribution is 7.19. The first-order valence-corrected chi connectivity index (χ1v) is 8.42. The number of aryl methyl sites for hydroxylation is 1. The summed E-state index contributed by atoms with van der Waals surface area (Å²) in [6, 6.07) is 16.2. The Morgan fingerprint density at radius 2 is 1.91 bits per heavy atom. The largest absolute Gasteiger partial charge is 0.234 e. The van der Waals surface area contributed by atoms with Gasteiger partial charge in [-0.25, -0.2) is 0 Å². The number of rotatable bonds is 3. The lowest BCUT2D eigenvalue weighted by Crippen LogP contribution is -1.97. The summed E-state index contributed by atoms with van der Waals surface area (Å²) in [5, 5.41) is 14.8. The first-order chi connectivity index (χ1) is 11.2. The monoisotopic (exact) mass is 340 g/mol. The molecule has 0 aliphatic heterocycles. The van der Waals surface area contributed by atoms with Gasteiger partial charge in [-0.2, -0.15) is 9.61 Å². The molecule has 0 unspecified atom stereocenters. The Labute approximate surface area is 142 Å². The summed E-state index contributed by atoms with van der Waals surface area (Å²) in [6.45, 7) is 1.99. The maximum Gasteiger partial charge on any atom is 0.234 e. The van der Waals surface area contributed by atoms with Crippen LogP contribution in [0, 0.1) is 6.92 Å². The van der Waals surface area contributed by atoms with Crippen molar-refractivity contribution in [2.24, 2.45) is 0 Å². The Morgan fingerprint density at radius 3 is 2.70 bits per heavy atom. The second-order valence-corrected chi connectivity index (χ2v) is 6.71. The maximum atomic E-state index is 6.22. The van der Waals surface area contributed by atoms with Crippen LogP contribution in [-0.2, 0) is 6.42 Å². The number of nitrogens with zero attached hydrogens (tertiary/aromatic N) is 4. The van der Waals surface area contributed by atoms with Crippen molar-refractivity contribution in [2.45, 2.75) is 13.3 Å². The van der Waals surface area contributed by atoms with E-state index in [-0.39, 0.29) is 0 Å². The molecule has 4 nitrogen and oxygen atoms in total. The van der Waals surface area contributed by atoms with E-state index in [1.165, 1.54) is 16.9 Å². The molecule has 0 saturated carbocycles. The number of hydrogen-bond acceptors (Lipinski definition) is 4. The van der Waals surface area contributed by atoms with Gasteiger partial charge in [0, 0.05) is 17.0 Å². The third-order valence-corrected chi connectivity index (χ3v) is 5.03. The summed E-state index contributed by atoms with van der Waals surface area (Å²) in [6.07, 6.45) is 0.708. The molecule has 2 heterocycles. The van der Waals surface area contributed by atoms with E-state index in [1.54, 1.807) is 0 Å². The van der Waals surface area contributed by atoms with Gasteiger partial charge in [-0.05, 0) is 24.1 Å². The second kappa shape index (κ2) is 5.76. The minimum atomic E-state index is 0.708. The van der Waals surface area contributed by atoms with Gasteiger partial charge in [-0.1, -0.05) is 65.4 Å². The van der Waals surface area contributed by atoms with Crippen molar-refractivity contribution in [2.75, 3.05) is 0 Å². The SMILES string of the molecule is Cc1ccc(-c2nn3c(Cc4ccccc4)nnc3s2)cc1Cl. The zero-order valence-corrected chi connectivity index (χ0v) is 14.0. The van der Waals surface area contributed by atoms with E-state index >= 15 is 0 Å². The fraction of sp³-hybridized carbons (Fsp3) is 0.118. The molecular weight excluding hydrogens is 328 g/mol. The standard InChI is InChI=1S/C17H13ClN4S/c1-11-7-8-13(10-14(11)18)16-21-22-15(19-20-17(22)23-16)9-12-5-3-2-4-6-12/h2-8,10H,9H2,1H3. The summed E-state index contributed by atoms with van der Waals surface area (Å²) < 4.78 is 1.82. The van der Waals surface area contributed by atoms with Crippen LogP contribution >= 0.6 is 22.9 Å². The predicted octanol–water partition coefficient (Wildman–Crippen LogP) is 4.41. The van der Waals surface area contributed by atoms with E-state index in [0.29, 0.717) is 6.42 Å². The summed E-state index contributed by atoms with van der Waals surface area (Å²) in [7, 11) is 0. The molecular formula is C17H13ClN4S. The fourth-order valence-corrected chi connectivity index (χ4v) is 3.42. The number of aromatic nitrogens is 4. The van der Waals surface area contributed by atoms with Gasteiger partial charge in [-0.3, -0.25) is 0 Å². The lowest BCUT2D eigenvalue weighted by Gasteiger charge is -2.00. The molecule has 0 atom stereocenters. The molecule has 2 aromatic heterocycles. The third kappa shape index (κ3) is 2.73. The summed E-state index contributed by atoms with van der Waals surface area (Å²) in [4.78, 5) is 0.794. The van der Waals surface area contributed by atoms with E-state index < -0.39 is 0 Å². The summed E-state index contributed by atoms with van der Waals surface area (Å²) in [5.41, 5.74) is 3.25. The molecule has 0 aliphatic carbocycles. The highest BCUT2D eigenvalue weighted by Gasteiger charge is 2.13. The van der Waals surface area contributed by atoms with Gasteiger partial charge in [0.2, 0.25) is 4.96 Å². The molecule has 0 bridgehead atoms. The Morgan fingerprint density at radius 1 is 1.09 bits per heavy atom. The first-order valence-electron chi connectivity index (χ1n) is 7.22. The fourth-order valence-electron chi connectivity index (χ4n) is 2.39. The maximum absolute atomic E-state index is 6.22. The molecule has 0 amide bonds. The van der Waals surface area contributed by atoms with Crippen molar-refractivity contribution in [3.63, 3.8) is 0 Å². The molecule has 4 rings (SSSR count). The molecule has 0 aliphatic rings. The zero-order valence-electron chi connectivity index (χ0n) is 12.4. The molecule has 114 valence electrons. The normalized spacial score (nSPS) is 11.2. The van der Waals surface area contributed by atoms with Crippen molar-refractivity contribution < 1.29 is 0 Å². The molecule has 0 spiro atoms. The van der Waals surface area contributed by atoms with Gasteiger partial charge in [0.1, 0.15) is 5.01 Å². The van der Waals surface area contributed by atoms with Crippen molar-refractivity contribution in [3.05, 3.63) is 70.5 Å². The molecule has 0 N–H and O–H groups in total. The molecule has 4 aromatic rings. The van der Waals surface area contributed by atoms with Gasteiger partial charge >= 0.3 is 0 Å². The van der Waals surface area contributed by atoms with Crippen LogP contribution in [-0.4, -0.2) is 19.8 Å². The van der Waals surface area contributed by atoms with Crippen LogP contribution in [0.5, 0.6) is 0 Å². The quantitative estimate of drug-likeness (QED) is 0.555. The van der Waals surface area contributed by atoms with Crippen LogP contribution in [0.1, 0.15) is 17.0 Å². The van der Waals surface area contributed by atoms with Crippen molar-refractivity contribution in [1.29, 1.82) is 0 Å². The van der Waals surface area contributed by atoms with Gasteiger partial charge in [-0.15, -0.1) is 10.2 Å². The highest BCUT2D eigenvalue weighted by Crippen LogP contribution is 2.29. The number of benzene rings is 2. The zero-order chi connectivity index (χ0) is 15.8. The van der Waals surface area contributed by atoms with E-state index in [4.69, 9.17) is 11.6 Å². The van der Waals surface area contributed by atoms with Gasteiger partial charge in [0.25, 0.3) is 0 Å². The molecule has 23 heavy (non-hydrogen) atoms. The van der Waals surface area contributed by atoms with Crippen LogP contribution < -0.4 is 0 Å². The lowest BCUT2D eigenvalue weighted by molar-refractivity contribution is 0.854. The summed E-state index contributed by atoms with van der Waals surface area (Å²) in [5.74, 6) is 0.840. The van der Waals surface area contributed by atoms with Crippen LogP contribution in [0.15, 0.2) is 48.5 Å². The van der Waals surface area contributed by atoms with Gasteiger partial charge in [0.05, 0.1) is 0 Å². The average Bonchev–Trinajstić information content (AvgIpc) is 3.13.